The quantitative estimate of drug-likeness (QED) is 0.323. The van der Waals surface area contributed by atoms with Crippen molar-refractivity contribution in [3.8, 4) is 0 Å². The van der Waals surface area contributed by atoms with E-state index >= 15 is 0 Å². The number of aliphatic hydroxyl groups excluding tert-OH is 1. The number of hydrogen-bond acceptors (Lipinski definition) is 3. The van der Waals surface area contributed by atoms with Crippen molar-refractivity contribution in [2.45, 2.75) is 18.5 Å². The molecule has 1 aliphatic heterocycles. The zero-order valence-electron chi connectivity index (χ0n) is 5.56. The predicted octanol–water partition coefficient (Wildman–Crippen LogP) is 0.0195. The molecule has 0 aromatic heterocycles. The molecule has 0 unspecified atom stereocenters. The van der Waals surface area contributed by atoms with Gasteiger partial charge in [0.05, 0.1) is 12.6 Å². The molecule has 2 atom stereocenters. The van der Waals surface area contributed by atoms with Crippen LogP contribution in [-0.2, 0) is 0 Å². The molecule has 1 rings (SSSR count). The van der Waals surface area contributed by atoms with Crippen LogP contribution in [0.2, 0.25) is 0 Å². The molecule has 1 saturated heterocycles. The summed E-state index contributed by atoms with van der Waals surface area (Å²) in [4.78, 5) is 2.69. The SMILES string of the molecule is [N-]=[N+]=N[C@@H]1CN[C@@H](CO)C1. The molecular weight excluding hydrogens is 132 g/mol. The predicted molar refractivity (Wildman–Crippen MR) is 36.4 cm³/mol. The molecule has 0 saturated carbocycles. The third-order valence-electron chi connectivity index (χ3n) is 1.63. The minimum Gasteiger partial charge on any atom is -0.395 e. The Balaban J connectivity index is 2.35. The molecular formula is C5H10N4O. The molecule has 1 heterocycles. The van der Waals surface area contributed by atoms with Gasteiger partial charge in [-0.2, -0.15) is 0 Å². The van der Waals surface area contributed by atoms with E-state index in [4.69, 9.17) is 10.6 Å². The summed E-state index contributed by atoms with van der Waals surface area (Å²) >= 11 is 0. The molecule has 0 aliphatic carbocycles. The third-order valence-corrected chi connectivity index (χ3v) is 1.63. The molecule has 5 nitrogen and oxygen atoms in total. The molecule has 1 fully saturated rings. The Hall–Kier alpha value is -0.770. The van der Waals surface area contributed by atoms with Gasteiger partial charge in [0.15, 0.2) is 0 Å². The average molecular weight is 142 g/mol. The molecule has 0 spiro atoms. The number of aliphatic hydroxyl groups is 1. The fourth-order valence-electron chi connectivity index (χ4n) is 1.10. The second-order valence-electron chi connectivity index (χ2n) is 2.38. The summed E-state index contributed by atoms with van der Waals surface area (Å²) < 4.78 is 0. The molecule has 56 valence electrons. The first kappa shape index (κ1) is 7.34. The minimum absolute atomic E-state index is 0.0298. The van der Waals surface area contributed by atoms with Gasteiger partial charge in [-0.3, -0.25) is 0 Å². The Morgan fingerprint density at radius 3 is 3.10 bits per heavy atom. The maximum atomic E-state index is 8.65. The Morgan fingerprint density at radius 1 is 1.80 bits per heavy atom. The van der Waals surface area contributed by atoms with Crippen molar-refractivity contribution in [3.63, 3.8) is 0 Å². The monoisotopic (exact) mass is 142 g/mol. The molecule has 0 aromatic carbocycles. The smallest absolute Gasteiger partial charge is 0.0584 e. The fraction of sp³-hybridized carbons (Fsp3) is 1.00. The van der Waals surface area contributed by atoms with Gasteiger partial charge in [0.2, 0.25) is 0 Å². The van der Waals surface area contributed by atoms with Crippen LogP contribution < -0.4 is 5.32 Å². The highest BCUT2D eigenvalue weighted by atomic mass is 16.3. The van der Waals surface area contributed by atoms with E-state index in [1.165, 1.54) is 0 Å². The number of hydrogen-bond donors (Lipinski definition) is 2. The van der Waals surface area contributed by atoms with Crippen molar-refractivity contribution in [2.24, 2.45) is 5.11 Å². The first-order chi connectivity index (χ1) is 4.86. The lowest BCUT2D eigenvalue weighted by Crippen LogP contribution is -2.24. The number of nitrogens with one attached hydrogen (secondary N) is 1. The normalized spacial score (nSPS) is 31.7. The van der Waals surface area contributed by atoms with Crippen molar-refractivity contribution in [2.75, 3.05) is 13.2 Å². The van der Waals surface area contributed by atoms with Crippen molar-refractivity contribution in [1.29, 1.82) is 0 Å². The summed E-state index contributed by atoms with van der Waals surface area (Å²) in [5.74, 6) is 0. The first-order valence-electron chi connectivity index (χ1n) is 3.25. The van der Waals surface area contributed by atoms with Gasteiger partial charge in [-0.15, -0.1) is 0 Å². The number of nitrogens with zero attached hydrogens (tertiary/aromatic N) is 3. The summed E-state index contributed by atoms with van der Waals surface area (Å²) in [5.41, 5.74) is 8.05. The van der Waals surface area contributed by atoms with Crippen LogP contribution in [0.25, 0.3) is 10.4 Å². The molecule has 0 aromatic rings. The van der Waals surface area contributed by atoms with Crippen molar-refractivity contribution in [3.05, 3.63) is 10.4 Å². The van der Waals surface area contributed by atoms with E-state index in [-0.39, 0.29) is 18.7 Å². The molecule has 10 heavy (non-hydrogen) atoms. The highest BCUT2D eigenvalue weighted by molar-refractivity contribution is 4.85. The van der Waals surface area contributed by atoms with Gasteiger partial charge >= 0.3 is 0 Å². The van der Waals surface area contributed by atoms with E-state index in [0.29, 0.717) is 6.54 Å². The van der Waals surface area contributed by atoms with Crippen LogP contribution in [0.3, 0.4) is 0 Å². The summed E-state index contributed by atoms with van der Waals surface area (Å²) in [5, 5.41) is 15.2. The highest BCUT2D eigenvalue weighted by Gasteiger charge is 2.21. The second-order valence-corrected chi connectivity index (χ2v) is 2.38. The van der Waals surface area contributed by atoms with Crippen LogP contribution in [0.5, 0.6) is 0 Å². The number of rotatable bonds is 2. The van der Waals surface area contributed by atoms with Gasteiger partial charge in [0, 0.05) is 17.5 Å². The summed E-state index contributed by atoms with van der Waals surface area (Å²) in [6.45, 7) is 0.812. The van der Waals surface area contributed by atoms with Crippen molar-refractivity contribution >= 4 is 0 Å². The van der Waals surface area contributed by atoms with Crippen LogP contribution in [-0.4, -0.2) is 30.3 Å². The topological polar surface area (TPSA) is 81.0 Å². The molecule has 1 aliphatic rings. The Bertz CT molecular complexity index is 154. The van der Waals surface area contributed by atoms with Crippen LogP contribution in [0.1, 0.15) is 6.42 Å². The maximum absolute atomic E-state index is 8.65. The summed E-state index contributed by atoms with van der Waals surface area (Å²) in [7, 11) is 0. The van der Waals surface area contributed by atoms with Gasteiger partial charge in [-0.1, -0.05) is 5.11 Å². The Morgan fingerprint density at radius 2 is 2.60 bits per heavy atom. The molecule has 0 amide bonds. The largest absolute Gasteiger partial charge is 0.395 e. The lowest BCUT2D eigenvalue weighted by molar-refractivity contribution is 0.254. The summed E-state index contributed by atoms with van der Waals surface area (Å²) in [6.07, 6.45) is 0.751. The first-order valence-corrected chi connectivity index (χ1v) is 3.25. The van der Waals surface area contributed by atoms with E-state index < -0.39 is 0 Å². The minimum atomic E-state index is 0.0298. The van der Waals surface area contributed by atoms with E-state index in [0.717, 1.165) is 6.42 Å². The average Bonchev–Trinajstić information content (AvgIpc) is 2.37. The maximum Gasteiger partial charge on any atom is 0.0584 e. The van der Waals surface area contributed by atoms with Gasteiger partial charge in [-0.25, -0.2) is 0 Å². The van der Waals surface area contributed by atoms with Crippen LogP contribution in [0.4, 0.5) is 0 Å². The lowest BCUT2D eigenvalue weighted by atomic mass is 10.2. The van der Waals surface area contributed by atoms with Gasteiger partial charge in [0.25, 0.3) is 0 Å². The Labute approximate surface area is 58.7 Å². The van der Waals surface area contributed by atoms with Crippen molar-refractivity contribution in [1.82, 2.24) is 5.32 Å². The van der Waals surface area contributed by atoms with E-state index in [1.54, 1.807) is 0 Å². The van der Waals surface area contributed by atoms with Crippen LogP contribution in [0.15, 0.2) is 5.11 Å². The zero-order chi connectivity index (χ0) is 7.40. The van der Waals surface area contributed by atoms with Crippen LogP contribution >= 0.6 is 0 Å². The molecule has 2 N–H and O–H groups in total. The van der Waals surface area contributed by atoms with Gasteiger partial charge < -0.3 is 10.4 Å². The number of azide groups is 1. The standard InChI is InChI=1S/C5H10N4O/c6-9-8-4-1-5(3-10)7-2-4/h4-5,7,10H,1-3H2/t4-,5+/m0/s1. The lowest BCUT2D eigenvalue weighted by Gasteiger charge is -2.02. The van der Waals surface area contributed by atoms with E-state index in [9.17, 15) is 0 Å². The molecule has 0 radical (unpaired) electrons. The highest BCUT2D eigenvalue weighted by Crippen LogP contribution is 2.09. The van der Waals surface area contributed by atoms with Crippen molar-refractivity contribution < 1.29 is 5.11 Å². The Kier molecular flexibility index (Phi) is 2.50. The van der Waals surface area contributed by atoms with E-state index in [2.05, 4.69) is 15.3 Å². The van der Waals surface area contributed by atoms with Crippen LogP contribution in [0, 0.1) is 0 Å². The molecule has 0 bridgehead atoms. The molecule has 5 heteroatoms. The van der Waals surface area contributed by atoms with Gasteiger partial charge in [0.1, 0.15) is 0 Å². The third kappa shape index (κ3) is 1.60. The van der Waals surface area contributed by atoms with Gasteiger partial charge in [-0.05, 0) is 12.0 Å². The second kappa shape index (κ2) is 3.41. The zero-order valence-corrected chi connectivity index (χ0v) is 5.56. The fourth-order valence-corrected chi connectivity index (χ4v) is 1.10. The van der Waals surface area contributed by atoms with E-state index in [1.807, 2.05) is 0 Å². The summed E-state index contributed by atoms with van der Waals surface area (Å²) in [6, 6.07) is 0.151.